The van der Waals surface area contributed by atoms with Gasteiger partial charge in [-0.1, -0.05) is 67.2 Å². The highest BCUT2D eigenvalue weighted by molar-refractivity contribution is 5.86. The number of rotatable bonds is 6. The lowest BCUT2D eigenvalue weighted by molar-refractivity contribution is -0.123. The molecule has 1 heterocycles. The number of hydrazine groups is 1. The third kappa shape index (κ3) is 2.80. The van der Waals surface area contributed by atoms with E-state index in [2.05, 4.69) is 41.7 Å². The lowest BCUT2D eigenvalue weighted by Gasteiger charge is -2.19. The average molecular weight is 344 g/mol. The molecule has 26 heavy (non-hydrogen) atoms. The smallest absolute Gasteiger partial charge is 0.242 e. The molecule has 1 atom stereocenters. The molecule has 0 aliphatic heterocycles. The highest BCUT2D eigenvalue weighted by Gasteiger charge is 2.60. The molecule has 1 saturated carbocycles. The number of benzene rings is 2. The Labute approximate surface area is 152 Å². The van der Waals surface area contributed by atoms with Crippen LogP contribution in [0, 0.1) is 5.92 Å². The summed E-state index contributed by atoms with van der Waals surface area (Å²) in [6.45, 7) is 3.88. The first-order chi connectivity index (χ1) is 12.7. The van der Waals surface area contributed by atoms with E-state index in [1.807, 2.05) is 36.4 Å². The molecule has 1 unspecified atom stereocenters. The highest BCUT2D eigenvalue weighted by atomic mass is 16.3. The molecule has 1 aliphatic carbocycles. The lowest BCUT2D eigenvalue weighted by atomic mass is 9.85. The van der Waals surface area contributed by atoms with Crippen molar-refractivity contribution >= 4 is 11.6 Å². The van der Waals surface area contributed by atoms with Crippen LogP contribution in [0.25, 0.3) is 5.70 Å². The number of hydrogen-bond acceptors (Lipinski definition) is 3. The Balaban J connectivity index is 1.53. The summed E-state index contributed by atoms with van der Waals surface area (Å²) in [5.41, 5.74) is 8.21. The Morgan fingerprint density at radius 3 is 2.08 bits per heavy atom. The lowest BCUT2D eigenvalue weighted by Crippen LogP contribution is -2.38. The van der Waals surface area contributed by atoms with E-state index in [0.717, 1.165) is 17.5 Å². The maximum Gasteiger partial charge on any atom is 0.242 e. The van der Waals surface area contributed by atoms with Crippen LogP contribution in [0.1, 0.15) is 23.3 Å². The second-order valence-corrected chi connectivity index (χ2v) is 6.53. The van der Waals surface area contributed by atoms with E-state index < -0.39 is 0 Å². The van der Waals surface area contributed by atoms with Crippen molar-refractivity contribution in [3.8, 4) is 0 Å². The third-order valence-electron chi connectivity index (χ3n) is 5.01. The van der Waals surface area contributed by atoms with Crippen molar-refractivity contribution in [3.63, 3.8) is 0 Å². The maximum atomic E-state index is 12.8. The summed E-state index contributed by atoms with van der Waals surface area (Å²) in [5, 5.41) is 0. The zero-order chi connectivity index (χ0) is 18.0. The summed E-state index contributed by atoms with van der Waals surface area (Å²) >= 11 is 0. The van der Waals surface area contributed by atoms with Gasteiger partial charge in [-0.15, -0.1) is 0 Å². The van der Waals surface area contributed by atoms with E-state index in [0.29, 0.717) is 11.5 Å². The fraction of sp³-hybridized carbons (Fsp3) is 0.136. The Kier molecular flexibility index (Phi) is 4.09. The van der Waals surface area contributed by atoms with Gasteiger partial charge in [0.25, 0.3) is 0 Å². The highest BCUT2D eigenvalue weighted by Crippen LogP contribution is 2.58. The molecular weight excluding hydrogens is 324 g/mol. The standard InChI is InChI=1S/C22H20N2O2/c1-16(20-13-8-14-26-20)23-24-21(25)19-15-22(19,17-9-4-2-5-10-17)18-11-6-3-7-12-18/h2-14,19,23H,1,15H2,(H,24,25). The van der Waals surface area contributed by atoms with Crippen LogP contribution in [-0.4, -0.2) is 5.91 Å². The van der Waals surface area contributed by atoms with E-state index in [1.165, 1.54) is 0 Å². The largest absolute Gasteiger partial charge is 0.463 e. The van der Waals surface area contributed by atoms with Crippen molar-refractivity contribution in [2.45, 2.75) is 11.8 Å². The molecule has 3 aromatic rings. The first-order valence-electron chi connectivity index (χ1n) is 8.61. The Hall–Kier alpha value is -3.27. The SMILES string of the molecule is C=C(NNC(=O)C1CC1(c1ccccc1)c1ccccc1)c1ccco1. The number of carbonyl (C=O) groups is 1. The van der Waals surface area contributed by atoms with Gasteiger partial charge in [-0.3, -0.25) is 15.6 Å². The third-order valence-corrected chi connectivity index (χ3v) is 5.01. The second kappa shape index (κ2) is 6.56. The minimum atomic E-state index is -0.277. The molecule has 2 N–H and O–H groups in total. The van der Waals surface area contributed by atoms with E-state index in [1.54, 1.807) is 18.4 Å². The average Bonchev–Trinajstić information content (AvgIpc) is 3.23. The zero-order valence-corrected chi connectivity index (χ0v) is 14.3. The van der Waals surface area contributed by atoms with Crippen molar-refractivity contribution in [1.29, 1.82) is 0 Å². The maximum absolute atomic E-state index is 12.8. The van der Waals surface area contributed by atoms with Gasteiger partial charge in [0.15, 0.2) is 5.76 Å². The van der Waals surface area contributed by atoms with Crippen LogP contribution >= 0.6 is 0 Å². The molecule has 0 radical (unpaired) electrons. The van der Waals surface area contributed by atoms with Gasteiger partial charge in [-0.05, 0) is 29.7 Å². The molecule has 1 aromatic heterocycles. The van der Waals surface area contributed by atoms with Crippen LogP contribution in [0.2, 0.25) is 0 Å². The summed E-state index contributed by atoms with van der Waals surface area (Å²) in [6, 6.07) is 24.0. The fourth-order valence-electron chi connectivity index (χ4n) is 3.59. The van der Waals surface area contributed by atoms with Crippen LogP contribution in [0.15, 0.2) is 90.1 Å². The van der Waals surface area contributed by atoms with Gasteiger partial charge in [0.1, 0.15) is 0 Å². The van der Waals surface area contributed by atoms with Crippen molar-refractivity contribution in [3.05, 3.63) is 103 Å². The number of amides is 1. The van der Waals surface area contributed by atoms with Crippen LogP contribution in [0.4, 0.5) is 0 Å². The van der Waals surface area contributed by atoms with Crippen molar-refractivity contribution in [2.75, 3.05) is 0 Å². The monoisotopic (exact) mass is 344 g/mol. The number of nitrogens with one attached hydrogen (secondary N) is 2. The first kappa shape index (κ1) is 16.2. The summed E-state index contributed by atoms with van der Waals surface area (Å²) < 4.78 is 5.27. The fourth-order valence-corrected chi connectivity index (χ4v) is 3.59. The van der Waals surface area contributed by atoms with Gasteiger partial charge < -0.3 is 4.42 Å². The predicted molar refractivity (Wildman–Crippen MR) is 101 cm³/mol. The van der Waals surface area contributed by atoms with Gasteiger partial charge in [-0.2, -0.15) is 0 Å². The van der Waals surface area contributed by atoms with Crippen LogP contribution in [0.5, 0.6) is 0 Å². The minimum Gasteiger partial charge on any atom is -0.463 e. The second-order valence-electron chi connectivity index (χ2n) is 6.53. The quantitative estimate of drug-likeness (QED) is 0.667. The normalized spacial score (nSPS) is 17.3. The van der Waals surface area contributed by atoms with Gasteiger partial charge in [0.2, 0.25) is 5.91 Å². The molecule has 4 nitrogen and oxygen atoms in total. The summed E-state index contributed by atoms with van der Waals surface area (Å²) in [4.78, 5) is 12.8. The molecule has 130 valence electrons. The molecule has 4 heteroatoms. The molecular formula is C22H20N2O2. The van der Waals surface area contributed by atoms with E-state index in [4.69, 9.17) is 4.42 Å². The van der Waals surface area contributed by atoms with Crippen LogP contribution in [-0.2, 0) is 10.2 Å². The molecule has 2 aromatic carbocycles. The van der Waals surface area contributed by atoms with Crippen LogP contribution in [0.3, 0.4) is 0 Å². The summed E-state index contributed by atoms with van der Waals surface area (Å²) in [7, 11) is 0. The molecule has 1 aliphatic rings. The molecule has 4 rings (SSSR count). The van der Waals surface area contributed by atoms with Crippen molar-refractivity contribution < 1.29 is 9.21 Å². The molecule has 0 bridgehead atoms. The molecule has 1 fully saturated rings. The van der Waals surface area contributed by atoms with Gasteiger partial charge in [0, 0.05) is 5.41 Å². The number of furan rings is 1. The van der Waals surface area contributed by atoms with Gasteiger partial charge in [-0.25, -0.2) is 0 Å². The molecule has 0 spiro atoms. The zero-order valence-electron chi connectivity index (χ0n) is 14.3. The minimum absolute atomic E-state index is 0.0505. The van der Waals surface area contributed by atoms with E-state index in [9.17, 15) is 4.79 Å². The van der Waals surface area contributed by atoms with Crippen molar-refractivity contribution in [1.82, 2.24) is 10.9 Å². The summed E-state index contributed by atoms with van der Waals surface area (Å²) in [5.74, 6) is 0.410. The topological polar surface area (TPSA) is 54.3 Å². The van der Waals surface area contributed by atoms with E-state index >= 15 is 0 Å². The van der Waals surface area contributed by atoms with Crippen LogP contribution < -0.4 is 10.9 Å². The molecule has 1 amide bonds. The molecule has 0 saturated heterocycles. The van der Waals surface area contributed by atoms with E-state index in [-0.39, 0.29) is 17.2 Å². The Morgan fingerprint density at radius 2 is 1.54 bits per heavy atom. The summed E-state index contributed by atoms with van der Waals surface area (Å²) in [6.07, 6.45) is 2.35. The number of hydrogen-bond donors (Lipinski definition) is 2. The van der Waals surface area contributed by atoms with Crippen molar-refractivity contribution in [2.24, 2.45) is 5.92 Å². The van der Waals surface area contributed by atoms with Gasteiger partial charge >= 0.3 is 0 Å². The van der Waals surface area contributed by atoms with Gasteiger partial charge in [0.05, 0.1) is 17.9 Å². The Bertz CT molecular complexity index is 862. The first-order valence-corrected chi connectivity index (χ1v) is 8.61. The predicted octanol–water partition coefficient (Wildman–Crippen LogP) is 3.88. The Morgan fingerprint density at radius 1 is 0.923 bits per heavy atom. The number of carbonyl (C=O) groups excluding carboxylic acids is 1.